The van der Waals surface area contributed by atoms with Gasteiger partial charge in [0, 0.05) is 18.7 Å². The number of aliphatic imine (C=N–C) groups is 1. The van der Waals surface area contributed by atoms with Gasteiger partial charge in [-0.3, -0.25) is 4.79 Å². The van der Waals surface area contributed by atoms with Gasteiger partial charge >= 0.3 is 0 Å². The van der Waals surface area contributed by atoms with Gasteiger partial charge in [-0.25, -0.2) is 4.99 Å². The lowest BCUT2D eigenvalue weighted by Crippen LogP contribution is -2.39. The molecule has 1 fully saturated rings. The van der Waals surface area contributed by atoms with E-state index in [1.807, 2.05) is 36.4 Å². The van der Waals surface area contributed by atoms with Crippen molar-refractivity contribution in [2.24, 2.45) is 4.99 Å². The van der Waals surface area contributed by atoms with E-state index in [9.17, 15) is 4.79 Å². The topological polar surface area (TPSA) is 81.9 Å². The normalized spacial score (nSPS) is 14.8. The van der Waals surface area contributed by atoms with E-state index in [4.69, 9.17) is 9.41 Å². The minimum absolute atomic E-state index is 0. The van der Waals surface area contributed by atoms with Gasteiger partial charge in [-0.2, -0.15) is 0 Å². The molecule has 0 unspecified atom stereocenters. The highest BCUT2D eigenvalue weighted by atomic mass is 127. The Morgan fingerprint density at radius 3 is 2.61 bits per heavy atom. The zero-order valence-electron chi connectivity index (χ0n) is 19.6. The van der Waals surface area contributed by atoms with Crippen LogP contribution < -0.4 is 16.0 Å². The maximum Gasteiger partial charge on any atom is 0.251 e. The number of guanidine groups is 1. The molecule has 1 saturated heterocycles. The first kappa shape index (κ1) is 27.2. The van der Waals surface area contributed by atoms with Gasteiger partial charge < -0.3 is 25.3 Å². The summed E-state index contributed by atoms with van der Waals surface area (Å²) in [5.41, 5.74) is 1.62. The Morgan fingerprint density at radius 1 is 1.06 bits per heavy atom. The lowest BCUT2D eigenvalue weighted by Gasteiger charge is -2.20. The number of rotatable bonds is 10. The van der Waals surface area contributed by atoms with Gasteiger partial charge in [-0.1, -0.05) is 25.0 Å². The number of nitrogens with zero attached hydrogens (tertiary/aromatic N) is 2. The van der Waals surface area contributed by atoms with Crippen LogP contribution >= 0.6 is 24.0 Å². The number of halogens is 1. The highest BCUT2D eigenvalue weighted by Crippen LogP contribution is 2.10. The number of carbonyl (C=O) groups excluding carboxylic acids is 1. The molecule has 8 heteroatoms. The molecule has 33 heavy (non-hydrogen) atoms. The molecule has 0 aliphatic carbocycles. The van der Waals surface area contributed by atoms with E-state index < -0.39 is 0 Å². The van der Waals surface area contributed by atoms with Crippen molar-refractivity contribution in [2.45, 2.75) is 52.1 Å². The number of amides is 1. The quantitative estimate of drug-likeness (QED) is 0.174. The summed E-state index contributed by atoms with van der Waals surface area (Å²) in [7, 11) is 0. The third kappa shape index (κ3) is 10.2. The summed E-state index contributed by atoms with van der Waals surface area (Å²) in [6.07, 6.45) is 8.12. The number of likely N-dealkylation sites (tertiary alicyclic amines) is 1. The van der Waals surface area contributed by atoms with Gasteiger partial charge in [0.1, 0.15) is 5.76 Å². The Balaban J connectivity index is 0.00000385. The highest BCUT2D eigenvalue weighted by Gasteiger charge is 2.09. The number of furan rings is 1. The molecule has 0 atom stereocenters. The standard InChI is InChI=1S/C25H37N5O2.HI/c1-2-26-25(27-13-9-16-30-14-5-3-4-6-15-30)29-19-21-10-7-11-22(18-21)24(31)28-20-23-12-8-17-32-23;/h7-8,10-12,17-18H,2-6,9,13-16,19-20H2,1H3,(H,28,31)(H2,26,27,29);1H. The van der Waals surface area contributed by atoms with Crippen LogP contribution in [0.5, 0.6) is 0 Å². The van der Waals surface area contributed by atoms with Gasteiger partial charge in [-0.15, -0.1) is 24.0 Å². The van der Waals surface area contributed by atoms with E-state index in [0.29, 0.717) is 18.7 Å². The first-order valence-electron chi connectivity index (χ1n) is 11.9. The monoisotopic (exact) mass is 567 g/mol. The fraction of sp³-hybridized carbons (Fsp3) is 0.520. The molecule has 1 amide bonds. The average molecular weight is 568 g/mol. The van der Waals surface area contributed by atoms with Gasteiger partial charge in [0.05, 0.1) is 19.4 Å². The zero-order valence-corrected chi connectivity index (χ0v) is 22.0. The molecule has 2 aromatic rings. The number of hydrogen-bond donors (Lipinski definition) is 3. The molecule has 7 nitrogen and oxygen atoms in total. The van der Waals surface area contributed by atoms with E-state index in [-0.39, 0.29) is 29.9 Å². The maximum absolute atomic E-state index is 12.4. The van der Waals surface area contributed by atoms with Crippen LogP contribution in [-0.4, -0.2) is 49.5 Å². The van der Waals surface area contributed by atoms with E-state index in [1.54, 1.807) is 6.26 Å². The van der Waals surface area contributed by atoms with Crippen LogP contribution in [0.2, 0.25) is 0 Å². The number of nitrogens with one attached hydrogen (secondary N) is 3. The minimum Gasteiger partial charge on any atom is -0.467 e. The SMILES string of the molecule is CCNC(=NCc1cccc(C(=O)NCc2ccco2)c1)NCCCN1CCCCCC1.I. The van der Waals surface area contributed by atoms with Gasteiger partial charge in [0.2, 0.25) is 0 Å². The summed E-state index contributed by atoms with van der Waals surface area (Å²) < 4.78 is 5.26. The number of benzene rings is 1. The van der Waals surface area contributed by atoms with E-state index in [2.05, 4.69) is 27.8 Å². The first-order chi connectivity index (χ1) is 15.7. The summed E-state index contributed by atoms with van der Waals surface area (Å²) in [5, 5.41) is 9.63. The van der Waals surface area contributed by atoms with Gasteiger partial charge in [-0.05, 0) is 75.6 Å². The molecule has 0 bridgehead atoms. The average Bonchev–Trinajstić information content (AvgIpc) is 3.21. The van der Waals surface area contributed by atoms with Gasteiger partial charge in [0.15, 0.2) is 5.96 Å². The van der Waals surface area contributed by atoms with Crippen molar-refractivity contribution in [1.82, 2.24) is 20.9 Å². The van der Waals surface area contributed by atoms with Crippen LogP contribution in [0.1, 0.15) is 60.7 Å². The third-order valence-corrected chi connectivity index (χ3v) is 5.60. The minimum atomic E-state index is -0.120. The smallest absolute Gasteiger partial charge is 0.251 e. The molecule has 0 spiro atoms. The molecule has 0 saturated carbocycles. The summed E-state index contributed by atoms with van der Waals surface area (Å²) in [5.74, 6) is 1.43. The molecule has 182 valence electrons. The molecule has 1 aromatic heterocycles. The predicted molar refractivity (Wildman–Crippen MR) is 144 cm³/mol. The van der Waals surface area contributed by atoms with Gasteiger partial charge in [0.25, 0.3) is 5.91 Å². The van der Waals surface area contributed by atoms with Crippen molar-refractivity contribution in [3.8, 4) is 0 Å². The van der Waals surface area contributed by atoms with Crippen LogP contribution in [0.15, 0.2) is 52.1 Å². The van der Waals surface area contributed by atoms with Crippen LogP contribution in [0.4, 0.5) is 0 Å². The lowest BCUT2D eigenvalue weighted by atomic mass is 10.1. The molecule has 2 heterocycles. The Labute approximate surface area is 214 Å². The summed E-state index contributed by atoms with van der Waals surface area (Å²) >= 11 is 0. The Bertz CT molecular complexity index is 833. The second-order valence-electron chi connectivity index (χ2n) is 8.19. The van der Waals surface area contributed by atoms with Crippen LogP contribution in [0, 0.1) is 0 Å². The van der Waals surface area contributed by atoms with Crippen molar-refractivity contribution in [2.75, 3.05) is 32.7 Å². The maximum atomic E-state index is 12.4. The second-order valence-corrected chi connectivity index (χ2v) is 8.19. The van der Waals surface area contributed by atoms with E-state index in [1.165, 1.54) is 38.8 Å². The van der Waals surface area contributed by atoms with Crippen LogP contribution in [-0.2, 0) is 13.1 Å². The molecule has 0 radical (unpaired) electrons. The fourth-order valence-electron chi connectivity index (χ4n) is 3.87. The van der Waals surface area contributed by atoms with Crippen molar-refractivity contribution in [1.29, 1.82) is 0 Å². The summed E-state index contributed by atoms with van der Waals surface area (Å²) in [6, 6.07) is 11.3. The van der Waals surface area contributed by atoms with Crippen molar-refractivity contribution < 1.29 is 9.21 Å². The Hall–Kier alpha value is -2.07. The largest absolute Gasteiger partial charge is 0.467 e. The number of hydrogen-bond acceptors (Lipinski definition) is 4. The van der Waals surface area contributed by atoms with Crippen LogP contribution in [0.3, 0.4) is 0 Å². The Morgan fingerprint density at radius 2 is 1.88 bits per heavy atom. The summed E-state index contributed by atoms with van der Waals surface area (Å²) in [4.78, 5) is 19.7. The first-order valence-corrected chi connectivity index (χ1v) is 11.9. The van der Waals surface area contributed by atoms with Crippen molar-refractivity contribution in [3.63, 3.8) is 0 Å². The van der Waals surface area contributed by atoms with E-state index >= 15 is 0 Å². The molecule has 3 rings (SSSR count). The third-order valence-electron chi connectivity index (χ3n) is 5.60. The fourth-order valence-corrected chi connectivity index (χ4v) is 3.87. The molecule has 1 aromatic carbocycles. The van der Waals surface area contributed by atoms with Crippen LogP contribution in [0.25, 0.3) is 0 Å². The second kappa shape index (κ2) is 15.7. The van der Waals surface area contributed by atoms with Crippen molar-refractivity contribution in [3.05, 3.63) is 59.5 Å². The lowest BCUT2D eigenvalue weighted by molar-refractivity contribution is 0.0948. The Kier molecular flexibility index (Phi) is 12.9. The molecule has 1 aliphatic rings. The van der Waals surface area contributed by atoms with E-state index in [0.717, 1.165) is 43.3 Å². The van der Waals surface area contributed by atoms with Crippen molar-refractivity contribution >= 4 is 35.8 Å². The molecule has 1 aliphatic heterocycles. The summed E-state index contributed by atoms with van der Waals surface area (Å²) in [6.45, 7) is 8.28. The highest BCUT2D eigenvalue weighted by molar-refractivity contribution is 14.0. The number of carbonyl (C=O) groups is 1. The predicted octanol–water partition coefficient (Wildman–Crippen LogP) is 4.15. The zero-order chi connectivity index (χ0) is 22.4. The molecular formula is C25H38IN5O2. The molecule has 3 N–H and O–H groups in total. The molecular weight excluding hydrogens is 529 g/mol.